The first kappa shape index (κ1) is 15.3. The van der Waals surface area contributed by atoms with Gasteiger partial charge in [-0.2, -0.15) is 13.2 Å². The number of aliphatic carboxylic acids is 1. The molecule has 4 nitrogen and oxygen atoms in total. The van der Waals surface area contributed by atoms with E-state index in [2.05, 4.69) is 5.32 Å². The van der Waals surface area contributed by atoms with Gasteiger partial charge in [0.05, 0.1) is 12.0 Å². The molecular weight excluding hydrogens is 287 g/mol. The van der Waals surface area contributed by atoms with E-state index in [9.17, 15) is 22.8 Å². The summed E-state index contributed by atoms with van der Waals surface area (Å²) < 4.78 is 38.4. The molecule has 0 bridgehead atoms. The summed E-state index contributed by atoms with van der Waals surface area (Å²) in [4.78, 5) is 22.8. The Morgan fingerprint density at radius 2 is 1.90 bits per heavy atom. The number of hydrogen-bond acceptors (Lipinski definition) is 2. The number of carboxylic acid groups (broad SMARTS) is 1. The molecule has 1 atom stereocenters. The lowest BCUT2D eigenvalue weighted by molar-refractivity contribution is -0.143. The van der Waals surface area contributed by atoms with Gasteiger partial charge in [-0.3, -0.25) is 4.79 Å². The summed E-state index contributed by atoms with van der Waals surface area (Å²) in [6.07, 6.45) is -3.63. The van der Waals surface area contributed by atoms with Crippen molar-refractivity contribution in [3.8, 4) is 0 Å². The standard InChI is InChI=1S/C14H14F3NO3/c15-14(16,17)10-4-2-1-3-9(10)7-11(19)18-12(13(20)21)8-5-6-8/h1-4,8,12H,5-7H2,(H,18,19)(H,20,21). The van der Waals surface area contributed by atoms with Crippen LogP contribution in [0.5, 0.6) is 0 Å². The predicted octanol–water partition coefficient (Wildman–Crippen LogP) is 2.23. The predicted molar refractivity (Wildman–Crippen MR) is 67.4 cm³/mol. The molecule has 0 saturated heterocycles. The van der Waals surface area contributed by atoms with Crippen LogP contribution in [0.3, 0.4) is 0 Å². The zero-order chi connectivity index (χ0) is 15.6. The van der Waals surface area contributed by atoms with Crippen molar-refractivity contribution in [1.82, 2.24) is 5.32 Å². The van der Waals surface area contributed by atoms with E-state index in [1.807, 2.05) is 0 Å². The average molecular weight is 301 g/mol. The number of alkyl halides is 3. The lowest BCUT2D eigenvalue weighted by Gasteiger charge is -2.15. The van der Waals surface area contributed by atoms with Gasteiger partial charge >= 0.3 is 12.1 Å². The van der Waals surface area contributed by atoms with Crippen LogP contribution in [0, 0.1) is 5.92 Å². The quantitative estimate of drug-likeness (QED) is 0.876. The Morgan fingerprint density at radius 3 is 2.43 bits per heavy atom. The molecule has 0 aromatic heterocycles. The number of hydrogen-bond donors (Lipinski definition) is 2. The molecule has 21 heavy (non-hydrogen) atoms. The van der Waals surface area contributed by atoms with Gasteiger partial charge in [0.25, 0.3) is 0 Å². The Bertz CT molecular complexity index is 553. The first-order chi connectivity index (χ1) is 9.79. The Balaban J connectivity index is 2.08. The molecule has 1 fully saturated rings. The van der Waals surface area contributed by atoms with Crippen LogP contribution in [0.4, 0.5) is 13.2 Å². The zero-order valence-corrected chi connectivity index (χ0v) is 11.0. The number of halogens is 3. The maximum atomic E-state index is 12.8. The van der Waals surface area contributed by atoms with Gasteiger partial charge in [-0.25, -0.2) is 4.79 Å². The van der Waals surface area contributed by atoms with Crippen molar-refractivity contribution in [3.05, 3.63) is 35.4 Å². The number of nitrogens with one attached hydrogen (secondary N) is 1. The van der Waals surface area contributed by atoms with Crippen LogP contribution in [-0.2, 0) is 22.2 Å². The van der Waals surface area contributed by atoms with E-state index >= 15 is 0 Å². The molecule has 1 unspecified atom stereocenters. The summed E-state index contributed by atoms with van der Waals surface area (Å²) in [5.41, 5.74) is -1.04. The lowest BCUT2D eigenvalue weighted by atomic mass is 10.0. The highest BCUT2D eigenvalue weighted by molar-refractivity contribution is 5.85. The van der Waals surface area contributed by atoms with Gasteiger partial charge in [0, 0.05) is 0 Å². The molecule has 1 aromatic carbocycles. The first-order valence-corrected chi connectivity index (χ1v) is 6.46. The SMILES string of the molecule is O=C(Cc1ccccc1C(F)(F)F)NC(C(=O)O)C1CC1. The van der Waals surface area contributed by atoms with Gasteiger partial charge in [0.15, 0.2) is 0 Å². The van der Waals surface area contributed by atoms with Crippen LogP contribution in [-0.4, -0.2) is 23.0 Å². The molecule has 1 amide bonds. The molecule has 1 aliphatic carbocycles. The second-order valence-electron chi connectivity index (χ2n) is 5.05. The highest BCUT2D eigenvalue weighted by Crippen LogP contribution is 2.33. The summed E-state index contributed by atoms with van der Waals surface area (Å²) in [7, 11) is 0. The highest BCUT2D eigenvalue weighted by atomic mass is 19.4. The van der Waals surface area contributed by atoms with Crippen molar-refractivity contribution in [2.75, 3.05) is 0 Å². The average Bonchev–Trinajstić information content (AvgIpc) is 3.19. The fourth-order valence-electron chi connectivity index (χ4n) is 2.16. The summed E-state index contributed by atoms with van der Waals surface area (Å²) in [5.74, 6) is -2.00. The van der Waals surface area contributed by atoms with Crippen molar-refractivity contribution >= 4 is 11.9 Å². The maximum Gasteiger partial charge on any atom is 0.416 e. The van der Waals surface area contributed by atoms with E-state index in [-0.39, 0.29) is 11.5 Å². The number of rotatable bonds is 5. The molecule has 0 radical (unpaired) electrons. The van der Waals surface area contributed by atoms with Crippen molar-refractivity contribution in [3.63, 3.8) is 0 Å². The van der Waals surface area contributed by atoms with Gasteiger partial charge in [0.1, 0.15) is 6.04 Å². The van der Waals surface area contributed by atoms with Gasteiger partial charge in [0.2, 0.25) is 5.91 Å². The van der Waals surface area contributed by atoms with Crippen LogP contribution in [0.15, 0.2) is 24.3 Å². The summed E-state index contributed by atoms with van der Waals surface area (Å²) in [5, 5.41) is 11.3. The number of amides is 1. The number of carboxylic acids is 1. The fraction of sp³-hybridized carbons (Fsp3) is 0.429. The second-order valence-corrected chi connectivity index (χ2v) is 5.05. The largest absolute Gasteiger partial charge is 0.480 e. The molecule has 0 heterocycles. The molecule has 1 aliphatic rings. The summed E-state index contributed by atoms with van der Waals surface area (Å²) >= 11 is 0. The molecule has 1 aromatic rings. The maximum absolute atomic E-state index is 12.8. The van der Waals surface area contributed by atoms with E-state index in [0.717, 1.165) is 6.07 Å². The Hall–Kier alpha value is -2.05. The van der Waals surface area contributed by atoms with Crippen LogP contribution >= 0.6 is 0 Å². The normalized spacial score (nSPS) is 16.3. The van der Waals surface area contributed by atoms with Crippen LogP contribution in [0.2, 0.25) is 0 Å². The van der Waals surface area contributed by atoms with Crippen LogP contribution < -0.4 is 5.32 Å². The Morgan fingerprint density at radius 1 is 1.29 bits per heavy atom. The minimum Gasteiger partial charge on any atom is -0.480 e. The molecular formula is C14H14F3NO3. The lowest BCUT2D eigenvalue weighted by Crippen LogP contribution is -2.43. The third-order valence-electron chi connectivity index (χ3n) is 3.35. The van der Waals surface area contributed by atoms with Gasteiger partial charge in [-0.1, -0.05) is 18.2 Å². The molecule has 0 spiro atoms. The van der Waals surface area contributed by atoms with Gasteiger partial charge in [-0.15, -0.1) is 0 Å². The number of benzene rings is 1. The molecule has 2 rings (SSSR count). The molecule has 2 N–H and O–H groups in total. The van der Waals surface area contributed by atoms with E-state index in [0.29, 0.717) is 12.8 Å². The molecule has 0 aliphatic heterocycles. The molecule has 7 heteroatoms. The van der Waals surface area contributed by atoms with Gasteiger partial charge < -0.3 is 10.4 Å². The first-order valence-electron chi connectivity index (χ1n) is 6.46. The van der Waals surface area contributed by atoms with E-state index < -0.39 is 36.1 Å². The zero-order valence-electron chi connectivity index (χ0n) is 11.0. The number of carbonyl (C=O) groups excluding carboxylic acids is 1. The third kappa shape index (κ3) is 3.96. The Labute approximate surface area is 119 Å². The highest BCUT2D eigenvalue weighted by Gasteiger charge is 2.38. The van der Waals surface area contributed by atoms with Crippen LogP contribution in [0.25, 0.3) is 0 Å². The van der Waals surface area contributed by atoms with Crippen LogP contribution in [0.1, 0.15) is 24.0 Å². The van der Waals surface area contributed by atoms with Crippen molar-refractivity contribution in [2.24, 2.45) is 5.92 Å². The Kier molecular flexibility index (Phi) is 4.20. The summed E-state index contributed by atoms with van der Waals surface area (Å²) in [6.45, 7) is 0. The van der Waals surface area contributed by atoms with E-state index in [1.54, 1.807) is 0 Å². The third-order valence-corrected chi connectivity index (χ3v) is 3.35. The van der Waals surface area contributed by atoms with Crippen molar-refractivity contribution in [1.29, 1.82) is 0 Å². The van der Waals surface area contributed by atoms with Gasteiger partial charge in [-0.05, 0) is 30.4 Å². The minimum absolute atomic E-state index is 0.121. The monoisotopic (exact) mass is 301 g/mol. The second kappa shape index (κ2) is 5.75. The summed E-state index contributed by atoms with van der Waals surface area (Å²) in [6, 6.07) is 3.76. The number of carbonyl (C=O) groups is 2. The van der Waals surface area contributed by atoms with Crippen molar-refractivity contribution < 1.29 is 27.9 Å². The minimum atomic E-state index is -4.54. The van der Waals surface area contributed by atoms with Crippen molar-refractivity contribution in [2.45, 2.75) is 31.5 Å². The smallest absolute Gasteiger partial charge is 0.416 e. The van der Waals surface area contributed by atoms with E-state index in [1.165, 1.54) is 18.2 Å². The topological polar surface area (TPSA) is 66.4 Å². The molecule has 1 saturated carbocycles. The fourth-order valence-corrected chi connectivity index (χ4v) is 2.16. The van der Waals surface area contributed by atoms with E-state index in [4.69, 9.17) is 5.11 Å². The molecule has 114 valence electrons.